The van der Waals surface area contributed by atoms with Crippen LogP contribution in [0.2, 0.25) is 0 Å². The van der Waals surface area contributed by atoms with E-state index in [1.54, 1.807) is 12.0 Å². The molecule has 1 saturated heterocycles. The Kier molecular flexibility index (Phi) is 7.25. The second-order valence-corrected chi connectivity index (χ2v) is 8.17. The third kappa shape index (κ3) is 5.71. The van der Waals surface area contributed by atoms with Gasteiger partial charge in [0.2, 0.25) is 5.91 Å². The molecule has 6 heteroatoms. The van der Waals surface area contributed by atoms with Gasteiger partial charge in [-0.15, -0.1) is 0 Å². The smallest absolute Gasteiger partial charge is 0.315 e. The van der Waals surface area contributed by atoms with Crippen molar-refractivity contribution in [1.82, 2.24) is 10.6 Å². The molecule has 3 aromatic carbocycles. The normalized spacial score (nSPS) is 15.5. The molecule has 6 nitrogen and oxygen atoms in total. The molecule has 4 rings (SSSR count). The summed E-state index contributed by atoms with van der Waals surface area (Å²) in [5.41, 5.74) is 3.25. The molecule has 0 bridgehead atoms. The first-order valence-corrected chi connectivity index (χ1v) is 11.2. The van der Waals surface area contributed by atoms with E-state index in [-0.39, 0.29) is 30.3 Å². The van der Waals surface area contributed by atoms with Crippen molar-refractivity contribution in [3.8, 4) is 5.75 Å². The lowest BCUT2D eigenvalue weighted by molar-refractivity contribution is -0.117. The molecule has 0 radical (unpaired) electrons. The Balaban J connectivity index is 1.30. The highest BCUT2D eigenvalue weighted by Gasteiger charge is 2.31. The van der Waals surface area contributed by atoms with E-state index in [9.17, 15) is 9.59 Å². The average molecular weight is 444 g/mol. The fourth-order valence-electron chi connectivity index (χ4n) is 4.28. The zero-order valence-corrected chi connectivity index (χ0v) is 18.7. The molecule has 0 aromatic heterocycles. The van der Waals surface area contributed by atoms with Gasteiger partial charge in [-0.1, -0.05) is 60.7 Å². The lowest BCUT2D eigenvalue weighted by atomic mass is 9.88. The third-order valence-electron chi connectivity index (χ3n) is 5.97. The van der Waals surface area contributed by atoms with Crippen LogP contribution in [-0.4, -0.2) is 38.2 Å². The van der Waals surface area contributed by atoms with Crippen LogP contribution in [0.15, 0.2) is 84.9 Å². The summed E-state index contributed by atoms with van der Waals surface area (Å²) in [5.74, 6) is 0.939. The number of rotatable bonds is 8. The molecular weight excluding hydrogens is 414 g/mol. The number of nitrogens with zero attached hydrogens (tertiary/aromatic N) is 1. The van der Waals surface area contributed by atoms with Gasteiger partial charge in [-0.25, -0.2) is 4.79 Å². The van der Waals surface area contributed by atoms with Gasteiger partial charge in [0, 0.05) is 31.1 Å². The third-order valence-corrected chi connectivity index (χ3v) is 5.97. The van der Waals surface area contributed by atoms with Gasteiger partial charge in [0.15, 0.2) is 0 Å². The minimum absolute atomic E-state index is 0.00122. The van der Waals surface area contributed by atoms with E-state index in [1.165, 1.54) is 11.1 Å². The van der Waals surface area contributed by atoms with Gasteiger partial charge in [-0.2, -0.15) is 0 Å². The number of carbonyl (C=O) groups is 2. The molecule has 1 fully saturated rings. The summed E-state index contributed by atoms with van der Waals surface area (Å²) in [6, 6.07) is 27.5. The Morgan fingerprint density at radius 1 is 0.970 bits per heavy atom. The molecule has 3 aromatic rings. The topological polar surface area (TPSA) is 70.7 Å². The predicted molar refractivity (Wildman–Crippen MR) is 130 cm³/mol. The Labute approximate surface area is 194 Å². The highest BCUT2D eigenvalue weighted by molar-refractivity contribution is 5.96. The van der Waals surface area contributed by atoms with E-state index in [0.29, 0.717) is 13.1 Å². The maximum Gasteiger partial charge on any atom is 0.315 e. The lowest BCUT2D eigenvalue weighted by Gasteiger charge is -2.20. The number of benzene rings is 3. The zero-order chi connectivity index (χ0) is 23.0. The van der Waals surface area contributed by atoms with Gasteiger partial charge in [-0.3, -0.25) is 4.79 Å². The average Bonchev–Trinajstić information content (AvgIpc) is 3.22. The Morgan fingerprint density at radius 2 is 1.58 bits per heavy atom. The van der Waals surface area contributed by atoms with Gasteiger partial charge in [0.1, 0.15) is 5.75 Å². The standard InChI is InChI=1S/C27H29N3O3/c1-33-24-14-12-23(13-15-24)30-19-22(18-26(30)31)29-27(32)28-17-16-25(20-8-4-2-5-9-20)21-10-6-3-7-11-21/h2-15,22,25H,16-19H2,1H3,(H2,28,29,32)/t22-/m1/s1. The summed E-state index contributed by atoms with van der Waals surface area (Å²) in [6.45, 7) is 0.985. The number of anilines is 1. The van der Waals surface area contributed by atoms with Gasteiger partial charge in [0.25, 0.3) is 0 Å². The summed E-state index contributed by atoms with van der Waals surface area (Å²) < 4.78 is 5.17. The maximum atomic E-state index is 12.5. The van der Waals surface area contributed by atoms with E-state index < -0.39 is 0 Å². The van der Waals surface area contributed by atoms with Crippen molar-refractivity contribution in [2.24, 2.45) is 0 Å². The number of hydrogen-bond acceptors (Lipinski definition) is 3. The molecule has 33 heavy (non-hydrogen) atoms. The number of amides is 3. The van der Waals surface area contributed by atoms with Crippen LogP contribution in [0.25, 0.3) is 0 Å². The van der Waals surface area contributed by atoms with E-state index in [0.717, 1.165) is 17.9 Å². The van der Waals surface area contributed by atoms with Crippen LogP contribution in [0, 0.1) is 0 Å². The van der Waals surface area contributed by atoms with Crippen molar-refractivity contribution in [3.63, 3.8) is 0 Å². The summed E-state index contributed by atoms with van der Waals surface area (Å²) in [5, 5.41) is 5.92. The van der Waals surface area contributed by atoms with Gasteiger partial charge < -0.3 is 20.3 Å². The van der Waals surface area contributed by atoms with Crippen LogP contribution in [-0.2, 0) is 4.79 Å². The molecule has 1 aliphatic heterocycles. The highest BCUT2D eigenvalue weighted by atomic mass is 16.5. The van der Waals surface area contributed by atoms with Crippen LogP contribution in [0.5, 0.6) is 5.75 Å². The fourth-order valence-corrected chi connectivity index (χ4v) is 4.28. The lowest BCUT2D eigenvalue weighted by Crippen LogP contribution is -2.43. The highest BCUT2D eigenvalue weighted by Crippen LogP contribution is 2.27. The van der Waals surface area contributed by atoms with Crippen molar-refractivity contribution in [1.29, 1.82) is 0 Å². The van der Waals surface area contributed by atoms with Crippen LogP contribution >= 0.6 is 0 Å². The van der Waals surface area contributed by atoms with Crippen molar-refractivity contribution in [2.45, 2.75) is 24.8 Å². The van der Waals surface area contributed by atoms with Crippen molar-refractivity contribution in [2.75, 3.05) is 25.1 Å². The molecular formula is C27H29N3O3. The first kappa shape index (κ1) is 22.4. The number of nitrogens with one attached hydrogen (secondary N) is 2. The van der Waals surface area contributed by atoms with Crippen LogP contribution in [0.1, 0.15) is 29.9 Å². The second-order valence-electron chi connectivity index (χ2n) is 8.17. The van der Waals surface area contributed by atoms with Gasteiger partial charge in [-0.05, 0) is 41.8 Å². The largest absolute Gasteiger partial charge is 0.497 e. The van der Waals surface area contributed by atoms with E-state index >= 15 is 0 Å². The predicted octanol–water partition coefficient (Wildman–Crippen LogP) is 4.32. The molecule has 1 heterocycles. The Morgan fingerprint density at radius 3 is 2.15 bits per heavy atom. The molecule has 2 N–H and O–H groups in total. The molecule has 0 saturated carbocycles. The van der Waals surface area contributed by atoms with Gasteiger partial charge >= 0.3 is 6.03 Å². The first-order valence-electron chi connectivity index (χ1n) is 11.2. The summed E-state index contributed by atoms with van der Waals surface area (Å²) >= 11 is 0. The minimum atomic E-state index is -0.246. The van der Waals surface area contributed by atoms with Crippen LogP contribution < -0.4 is 20.3 Å². The van der Waals surface area contributed by atoms with Gasteiger partial charge in [0.05, 0.1) is 13.2 Å². The Bertz CT molecular complexity index is 1020. The molecule has 0 aliphatic carbocycles. The van der Waals surface area contributed by atoms with E-state index in [2.05, 4.69) is 34.9 Å². The molecule has 1 atom stereocenters. The molecule has 0 unspecified atom stereocenters. The number of methoxy groups -OCH3 is 1. The summed E-state index contributed by atoms with van der Waals surface area (Å²) in [4.78, 5) is 26.7. The van der Waals surface area contributed by atoms with Crippen molar-refractivity contribution in [3.05, 3.63) is 96.1 Å². The van der Waals surface area contributed by atoms with Crippen LogP contribution in [0.4, 0.5) is 10.5 Å². The Hall–Kier alpha value is -3.80. The van der Waals surface area contributed by atoms with Crippen molar-refractivity contribution >= 4 is 17.6 Å². The number of ether oxygens (including phenoxy) is 1. The van der Waals surface area contributed by atoms with Crippen LogP contribution in [0.3, 0.4) is 0 Å². The summed E-state index contributed by atoms with van der Waals surface area (Å²) in [7, 11) is 1.61. The van der Waals surface area contributed by atoms with Crippen molar-refractivity contribution < 1.29 is 14.3 Å². The zero-order valence-electron chi connectivity index (χ0n) is 18.7. The van der Waals surface area contributed by atoms with E-state index in [1.807, 2.05) is 60.7 Å². The molecule has 170 valence electrons. The molecule has 3 amide bonds. The summed E-state index contributed by atoms with van der Waals surface area (Å²) in [6.07, 6.45) is 1.07. The molecule has 0 spiro atoms. The monoisotopic (exact) mass is 443 g/mol. The maximum absolute atomic E-state index is 12.5. The number of carbonyl (C=O) groups excluding carboxylic acids is 2. The number of urea groups is 1. The SMILES string of the molecule is COc1ccc(N2C[C@H](NC(=O)NCCC(c3ccccc3)c3ccccc3)CC2=O)cc1. The number of hydrogen-bond donors (Lipinski definition) is 2. The first-order chi connectivity index (χ1) is 16.1. The minimum Gasteiger partial charge on any atom is -0.497 e. The molecule has 1 aliphatic rings. The second kappa shape index (κ2) is 10.7. The quantitative estimate of drug-likeness (QED) is 0.545. The van der Waals surface area contributed by atoms with E-state index in [4.69, 9.17) is 4.74 Å². The fraction of sp³-hybridized carbons (Fsp3) is 0.259.